The zero-order valence-corrected chi connectivity index (χ0v) is 11.2. The van der Waals surface area contributed by atoms with Gasteiger partial charge in [0.05, 0.1) is 17.5 Å². The molecule has 1 fully saturated rings. The van der Waals surface area contributed by atoms with Crippen molar-refractivity contribution in [2.75, 3.05) is 11.5 Å². The summed E-state index contributed by atoms with van der Waals surface area (Å²) in [6.45, 7) is 5.22. The number of nitrogens with two attached hydrogens (primary N) is 1. The first-order valence-corrected chi connectivity index (χ1v) is 7.37. The van der Waals surface area contributed by atoms with Crippen LogP contribution in [0.3, 0.4) is 0 Å². The highest BCUT2D eigenvalue weighted by atomic mass is 32.2. The van der Waals surface area contributed by atoms with Gasteiger partial charge in [-0.1, -0.05) is 0 Å². The van der Waals surface area contributed by atoms with E-state index in [1.165, 1.54) is 0 Å². The minimum absolute atomic E-state index is 0.0840. The van der Waals surface area contributed by atoms with Gasteiger partial charge in [-0.2, -0.15) is 0 Å². The van der Waals surface area contributed by atoms with E-state index in [0.29, 0.717) is 6.42 Å². The van der Waals surface area contributed by atoms with E-state index < -0.39 is 27.6 Å². The van der Waals surface area contributed by atoms with Crippen LogP contribution in [0.1, 0.15) is 27.2 Å². The average Bonchev–Trinajstić information content (AvgIpc) is 2.07. The third-order valence-electron chi connectivity index (χ3n) is 2.41. The van der Waals surface area contributed by atoms with Gasteiger partial charge in [-0.3, -0.25) is 0 Å². The average molecular weight is 264 g/mol. The molecule has 17 heavy (non-hydrogen) atoms. The van der Waals surface area contributed by atoms with Gasteiger partial charge in [0.25, 0.3) is 0 Å². The molecule has 0 aliphatic carbocycles. The van der Waals surface area contributed by atoms with Gasteiger partial charge >= 0.3 is 6.09 Å². The number of alkyl carbamates (subject to hydrolysis) is 1. The molecule has 1 amide bonds. The molecule has 0 aromatic carbocycles. The maximum Gasteiger partial charge on any atom is 0.407 e. The summed E-state index contributed by atoms with van der Waals surface area (Å²) in [6.07, 6.45) is -0.266. The molecule has 1 rings (SSSR count). The largest absolute Gasteiger partial charge is 0.444 e. The third-order valence-corrected chi connectivity index (χ3v) is 4.14. The second-order valence-electron chi connectivity index (χ2n) is 5.32. The van der Waals surface area contributed by atoms with Gasteiger partial charge < -0.3 is 15.8 Å². The van der Waals surface area contributed by atoms with Gasteiger partial charge in [-0.05, 0) is 27.2 Å². The maximum absolute atomic E-state index is 11.5. The van der Waals surface area contributed by atoms with E-state index in [9.17, 15) is 13.2 Å². The van der Waals surface area contributed by atoms with E-state index in [-0.39, 0.29) is 17.5 Å². The lowest BCUT2D eigenvalue weighted by Gasteiger charge is -2.30. The molecular formula is C10H20N2O4S. The van der Waals surface area contributed by atoms with Crippen LogP contribution < -0.4 is 11.1 Å². The van der Waals surface area contributed by atoms with Gasteiger partial charge in [0, 0.05) is 6.04 Å². The summed E-state index contributed by atoms with van der Waals surface area (Å²) >= 11 is 0. The van der Waals surface area contributed by atoms with Crippen molar-refractivity contribution in [1.29, 1.82) is 0 Å². The first kappa shape index (κ1) is 14.2. The molecule has 2 atom stereocenters. The Morgan fingerprint density at radius 3 is 2.53 bits per heavy atom. The molecule has 0 aromatic rings. The van der Waals surface area contributed by atoms with Gasteiger partial charge in [-0.25, -0.2) is 13.2 Å². The number of sulfone groups is 1. The van der Waals surface area contributed by atoms with Crippen LogP contribution in [0.4, 0.5) is 4.79 Å². The van der Waals surface area contributed by atoms with E-state index in [2.05, 4.69) is 5.32 Å². The Bertz CT molecular complexity index is 386. The fourth-order valence-electron chi connectivity index (χ4n) is 1.60. The third kappa shape index (κ3) is 4.91. The summed E-state index contributed by atoms with van der Waals surface area (Å²) in [5, 5.41) is 2.52. The molecule has 1 aliphatic heterocycles. The Kier molecular flexibility index (Phi) is 4.03. The Balaban J connectivity index is 2.58. The molecule has 3 N–H and O–H groups in total. The van der Waals surface area contributed by atoms with Crippen LogP contribution in [0.5, 0.6) is 0 Å². The zero-order chi connectivity index (χ0) is 13.3. The summed E-state index contributed by atoms with van der Waals surface area (Å²) in [4.78, 5) is 11.5. The monoisotopic (exact) mass is 264 g/mol. The van der Waals surface area contributed by atoms with Gasteiger partial charge in [-0.15, -0.1) is 0 Å². The van der Waals surface area contributed by atoms with E-state index in [1.54, 1.807) is 20.8 Å². The fourth-order valence-corrected chi connectivity index (χ4v) is 3.28. The van der Waals surface area contributed by atoms with E-state index in [4.69, 9.17) is 10.5 Å². The number of amides is 1. The Morgan fingerprint density at radius 2 is 2.00 bits per heavy atom. The predicted octanol–water partition coefficient (Wildman–Crippen LogP) is 0.0255. The van der Waals surface area contributed by atoms with Crippen molar-refractivity contribution < 1.29 is 17.9 Å². The number of nitrogens with one attached hydrogen (secondary N) is 1. The second-order valence-corrected chi connectivity index (χ2v) is 7.55. The summed E-state index contributed by atoms with van der Waals surface area (Å²) in [5.41, 5.74) is 5.17. The first-order valence-electron chi connectivity index (χ1n) is 5.54. The van der Waals surface area contributed by atoms with E-state index >= 15 is 0 Å². The standard InChI is InChI=1S/C10H20N2O4S/c1-10(2,3)16-9(13)12-8-6-17(14,15)5-4-7(8)11/h7-8H,4-6,11H2,1-3H3,(H,12,13)/t7-,8-/m1/s1. The molecule has 0 saturated carbocycles. The number of hydrogen-bond acceptors (Lipinski definition) is 5. The predicted molar refractivity (Wildman–Crippen MR) is 64.4 cm³/mol. The SMILES string of the molecule is CC(C)(C)OC(=O)N[C@@H]1CS(=O)(=O)CC[C@H]1N. The number of carbonyl (C=O) groups excluding carboxylic acids is 1. The molecule has 6 nitrogen and oxygen atoms in total. The molecule has 0 spiro atoms. The van der Waals surface area contributed by atoms with Crippen LogP contribution in [-0.4, -0.2) is 43.7 Å². The van der Waals surface area contributed by atoms with Crippen LogP contribution in [0.15, 0.2) is 0 Å². The lowest BCUT2D eigenvalue weighted by Crippen LogP contribution is -2.55. The number of hydrogen-bond donors (Lipinski definition) is 2. The van der Waals surface area contributed by atoms with Crippen molar-refractivity contribution in [2.24, 2.45) is 5.73 Å². The van der Waals surface area contributed by atoms with Crippen LogP contribution in [0, 0.1) is 0 Å². The number of ether oxygens (including phenoxy) is 1. The van der Waals surface area contributed by atoms with Gasteiger partial charge in [0.15, 0.2) is 9.84 Å². The maximum atomic E-state index is 11.5. The van der Waals surface area contributed by atoms with Crippen molar-refractivity contribution in [3.8, 4) is 0 Å². The van der Waals surface area contributed by atoms with Crippen molar-refractivity contribution in [3.63, 3.8) is 0 Å². The molecule has 0 radical (unpaired) electrons. The lowest BCUT2D eigenvalue weighted by molar-refractivity contribution is 0.0501. The molecule has 1 heterocycles. The highest BCUT2D eigenvalue weighted by molar-refractivity contribution is 7.91. The summed E-state index contributed by atoms with van der Waals surface area (Å²) < 4.78 is 27.9. The van der Waals surface area contributed by atoms with Gasteiger partial charge in [0.1, 0.15) is 5.60 Å². The Morgan fingerprint density at radius 1 is 1.41 bits per heavy atom. The molecule has 1 saturated heterocycles. The quantitative estimate of drug-likeness (QED) is 0.696. The van der Waals surface area contributed by atoms with Crippen LogP contribution >= 0.6 is 0 Å². The van der Waals surface area contributed by atoms with E-state index in [1.807, 2.05) is 0 Å². The molecule has 0 unspecified atom stereocenters. The van der Waals surface area contributed by atoms with Crippen molar-refractivity contribution >= 4 is 15.9 Å². The minimum atomic E-state index is -3.10. The molecule has 1 aliphatic rings. The second kappa shape index (κ2) is 4.81. The van der Waals surface area contributed by atoms with Crippen LogP contribution in [0.2, 0.25) is 0 Å². The molecule has 7 heteroatoms. The lowest BCUT2D eigenvalue weighted by atomic mass is 10.1. The smallest absolute Gasteiger partial charge is 0.407 e. The molecular weight excluding hydrogens is 244 g/mol. The fraction of sp³-hybridized carbons (Fsp3) is 0.900. The molecule has 100 valence electrons. The topological polar surface area (TPSA) is 98.5 Å². The number of carbonyl (C=O) groups is 1. The van der Waals surface area contributed by atoms with Crippen molar-refractivity contribution in [2.45, 2.75) is 44.9 Å². The van der Waals surface area contributed by atoms with Crippen LogP contribution in [0.25, 0.3) is 0 Å². The Labute approximate surface area is 102 Å². The summed E-state index contributed by atoms with van der Waals surface area (Å²) in [6, 6.07) is -0.908. The highest BCUT2D eigenvalue weighted by Crippen LogP contribution is 2.13. The highest BCUT2D eigenvalue weighted by Gasteiger charge is 2.32. The van der Waals surface area contributed by atoms with E-state index in [0.717, 1.165) is 0 Å². The van der Waals surface area contributed by atoms with Gasteiger partial charge in [0.2, 0.25) is 0 Å². The summed E-state index contributed by atoms with van der Waals surface area (Å²) in [7, 11) is -3.10. The number of rotatable bonds is 1. The summed E-state index contributed by atoms with van der Waals surface area (Å²) in [5.74, 6) is -0.0337. The normalized spacial score (nSPS) is 28.5. The zero-order valence-electron chi connectivity index (χ0n) is 10.4. The van der Waals surface area contributed by atoms with Crippen molar-refractivity contribution in [3.05, 3.63) is 0 Å². The molecule has 0 aromatic heterocycles. The molecule has 0 bridgehead atoms. The van der Waals surface area contributed by atoms with Crippen molar-refractivity contribution in [1.82, 2.24) is 5.32 Å². The minimum Gasteiger partial charge on any atom is -0.444 e. The first-order chi connectivity index (χ1) is 7.59. The van der Waals surface area contributed by atoms with Crippen LogP contribution in [-0.2, 0) is 14.6 Å². The Hall–Kier alpha value is -0.820.